The summed E-state index contributed by atoms with van der Waals surface area (Å²) in [5.74, 6) is 0.430. The minimum Gasteiger partial charge on any atom is -0.369 e. The molecule has 1 aromatic rings. The maximum Gasteiger partial charge on any atom is 0.156 e. The number of hydrogen-bond acceptors (Lipinski definition) is 5. The van der Waals surface area contributed by atoms with Crippen LogP contribution in [0.5, 0.6) is 0 Å². The molecule has 1 aliphatic heterocycles. The van der Waals surface area contributed by atoms with E-state index in [1.54, 1.807) is 6.92 Å². The van der Waals surface area contributed by atoms with Gasteiger partial charge in [0.25, 0.3) is 0 Å². The molecule has 0 saturated carbocycles. The van der Waals surface area contributed by atoms with Gasteiger partial charge in [-0.1, -0.05) is 49.4 Å². The van der Waals surface area contributed by atoms with Crippen LogP contribution in [0.15, 0.2) is 60.5 Å². The van der Waals surface area contributed by atoms with E-state index in [2.05, 4.69) is 48.2 Å². The van der Waals surface area contributed by atoms with Crippen LogP contribution < -0.4 is 11.0 Å². The van der Waals surface area contributed by atoms with E-state index in [0.717, 1.165) is 30.5 Å². The SMILES string of the molecule is CCC1CC(OCc2ccc(CN3C=CNN3)cc2)C=CC=C1C(C)=O. The number of nitrogens with zero attached hydrogens (tertiary/aromatic N) is 1. The summed E-state index contributed by atoms with van der Waals surface area (Å²) in [6.45, 7) is 5.15. The number of carbonyl (C=O) groups excluding carboxylic acids is 1. The number of nitrogens with one attached hydrogen (secondary N) is 2. The molecule has 2 unspecified atom stereocenters. The van der Waals surface area contributed by atoms with Crippen molar-refractivity contribution in [2.75, 3.05) is 0 Å². The lowest BCUT2D eigenvalue weighted by molar-refractivity contribution is -0.114. The highest BCUT2D eigenvalue weighted by Crippen LogP contribution is 2.26. The number of benzene rings is 1. The maximum absolute atomic E-state index is 11.8. The summed E-state index contributed by atoms with van der Waals surface area (Å²) in [7, 11) is 0. The molecule has 5 heteroatoms. The Morgan fingerprint density at radius 2 is 2.04 bits per heavy atom. The molecule has 0 aromatic heterocycles. The van der Waals surface area contributed by atoms with Gasteiger partial charge in [0.1, 0.15) is 0 Å². The Labute approximate surface area is 155 Å². The molecule has 26 heavy (non-hydrogen) atoms. The highest BCUT2D eigenvalue weighted by Gasteiger charge is 2.22. The minimum absolute atomic E-state index is 0.0396. The number of hydrazine groups is 2. The molecule has 2 aliphatic rings. The third kappa shape index (κ3) is 4.84. The van der Waals surface area contributed by atoms with Gasteiger partial charge in [-0.05, 0) is 42.4 Å². The zero-order chi connectivity index (χ0) is 18.4. The van der Waals surface area contributed by atoms with E-state index >= 15 is 0 Å². The summed E-state index contributed by atoms with van der Waals surface area (Å²) in [6.07, 6.45) is 11.6. The van der Waals surface area contributed by atoms with Crippen molar-refractivity contribution in [1.82, 2.24) is 16.0 Å². The lowest BCUT2D eigenvalue weighted by atomic mass is 9.89. The van der Waals surface area contributed by atoms with E-state index in [4.69, 9.17) is 4.74 Å². The van der Waals surface area contributed by atoms with Crippen LogP contribution >= 0.6 is 0 Å². The smallest absolute Gasteiger partial charge is 0.156 e. The predicted molar refractivity (Wildman–Crippen MR) is 102 cm³/mol. The van der Waals surface area contributed by atoms with Crippen molar-refractivity contribution in [2.24, 2.45) is 5.92 Å². The van der Waals surface area contributed by atoms with Crippen molar-refractivity contribution < 1.29 is 9.53 Å². The number of rotatable bonds is 7. The highest BCUT2D eigenvalue weighted by molar-refractivity contribution is 5.94. The summed E-state index contributed by atoms with van der Waals surface area (Å²) in [5, 5.41) is 1.98. The second-order valence-corrected chi connectivity index (χ2v) is 6.77. The van der Waals surface area contributed by atoms with E-state index in [1.165, 1.54) is 5.56 Å². The van der Waals surface area contributed by atoms with Gasteiger partial charge in [-0.2, -0.15) is 0 Å². The molecule has 138 valence electrons. The van der Waals surface area contributed by atoms with Gasteiger partial charge >= 0.3 is 0 Å². The van der Waals surface area contributed by atoms with E-state index in [9.17, 15) is 4.79 Å². The first-order valence-electron chi connectivity index (χ1n) is 9.19. The zero-order valence-electron chi connectivity index (χ0n) is 15.4. The first-order valence-corrected chi connectivity index (χ1v) is 9.19. The second-order valence-electron chi connectivity index (χ2n) is 6.77. The average molecular weight is 353 g/mol. The van der Waals surface area contributed by atoms with Gasteiger partial charge in [0, 0.05) is 12.4 Å². The van der Waals surface area contributed by atoms with Crippen molar-refractivity contribution in [3.05, 3.63) is 71.6 Å². The summed E-state index contributed by atoms with van der Waals surface area (Å²) in [5.41, 5.74) is 9.25. The molecule has 2 N–H and O–H groups in total. The Morgan fingerprint density at radius 1 is 1.27 bits per heavy atom. The number of hydrogen-bond donors (Lipinski definition) is 2. The largest absolute Gasteiger partial charge is 0.369 e. The monoisotopic (exact) mass is 353 g/mol. The summed E-state index contributed by atoms with van der Waals surface area (Å²) >= 11 is 0. The minimum atomic E-state index is 0.0396. The molecule has 0 amide bonds. The van der Waals surface area contributed by atoms with Gasteiger partial charge in [-0.15, -0.1) is 5.53 Å². The number of allylic oxidation sites excluding steroid dienone is 3. The van der Waals surface area contributed by atoms with Crippen molar-refractivity contribution in [3.63, 3.8) is 0 Å². The van der Waals surface area contributed by atoms with Crippen LogP contribution in [0.25, 0.3) is 0 Å². The van der Waals surface area contributed by atoms with Crippen LogP contribution in [0.3, 0.4) is 0 Å². The molecule has 0 spiro atoms. The third-order valence-electron chi connectivity index (χ3n) is 4.84. The first kappa shape index (κ1) is 18.4. The molecule has 3 rings (SSSR count). The molecule has 1 aromatic carbocycles. The summed E-state index contributed by atoms with van der Waals surface area (Å²) < 4.78 is 6.11. The second kappa shape index (κ2) is 8.83. The zero-order valence-corrected chi connectivity index (χ0v) is 15.4. The molecular weight excluding hydrogens is 326 g/mol. The number of Topliss-reactive ketones (excluding diaryl/α,β-unsaturated/α-hetero) is 1. The Kier molecular flexibility index (Phi) is 6.26. The first-order chi connectivity index (χ1) is 12.7. The van der Waals surface area contributed by atoms with E-state index < -0.39 is 0 Å². The average Bonchev–Trinajstić information content (AvgIpc) is 3.05. The van der Waals surface area contributed by atoms with E-state index in [0.29, 0.717) is 6.61 Å². The molecule has 0 fully saturated rings. The quantitative estimate of drug-likeness (QED) is 0.787. The van der Waals surface area contributed by atoms with E-state index in [-0.39, 0.29) is 17.8 Å². The van der Waals surface area contributed by atoms with Crippen LogP contribution in [-0.2, 0) is 22.7 Å². The van der Waals surface area contributed by atoms with Gasteiger partial charge in [-0.25, -0.2) is 0 Å². The van der Waals surface area contributed by atoms with Crippen molar-refractivity contribution in [3.8, 4) is 0 Å². The Hall–Kier alpha value is -2.37. The lowest BCUT2D eigenvalue weighted by Gasteiger charge is -2.20. The number of ketones is 1. The molecule has 0 radical (unpaired) electrons. The Balaban J connectivity index is 1.52. The van der Waals surface area contributed by atoms with Crippen molar-refractivity contribution >= 4 is 5.78 Å². The number of carbonyl (C=O) groups is 1. The summed E-state index contributed by atoms with van der Waals surface area (Å²) in [6, 6.07) is 8.47. The van der Waals surface area contributed by atoms with Crippen LogP contribution in [0.1, 0.15) is 37.8 Å². The van der Waals surface area contributed by atoms with Gasteiger partial charge < -0.3 is 10.2 Å². The molecule has 1 aliphatic carbocycles. The van der Waals surface area contributed by atoms with Gasteiger partial charge in [-0.3, -0.25) is 9.80 Å². The van der Waals surface area contributed by atoms with Crippen LogP contribution in [-0.4, -0.2) is 16.9 Å². The molecule has 2 atom stereocenters. The van der Waals surface area contributed by atoms with Crippen LogP contribution in [0.4, 0.5) is 0 Å². The molecule has 0 saturated heterocycles. The normalized spacial score (nSPS) is 22.1. The molecule has 1 heterocycles. The fourth-order valence-corrected chi connectivity index (χ4v) is 3.34. The van der Waals surface area contributed by atoms with Crippen LogP contribution in [0.2, 0.25) is 0 Å². The summed E-state index contributed by atoms with van der Waals surface area (Å²) in [4.78, 5) is 11.8. The fourth-order valence-electron chi connectivity index (χ4n) is 3.34. The van der Waals surface area contributed by atoms with E-state index in [1.807, 2.05) is 29.6 Å². The highest BCUT2D eigenvalue weighted by atomic mass is 16.5. The Bertz CT molecular complexity index is 706. The molecule has 5 nitrogen and oxygen atoms in total. The van der Waals surface area contributed by atoms with Crippen molar-refractivity contribution in [2.45, 2.75) is 45.9 Å². The van der Waals surface area contributed by atoms with Gasteiger partial charge in [0.15, 0.2) is 5.78 Å². The van der Waals surface area contributed by atoms with Crippen molar-refractivity contribution in [1.29, 1.82) is 0 Å². The van der Waals surface area contributed by atoms with Gasteiger partial charge in [0.2, 0.25) is 0 Å². The predicted octanol–water partition coefficient (Wildman–Crippen LogP) is 3.37. The third-order valence-corrected chi connectivity index (χ3v) is 4.84. The van der Waals surface area contributed by atoms with Gasteiger partial charge in [0.05, 0.1) is 19.3 Å². The lowest BCUT2D eigenvalue weighted by Crippen LogP contribution is -2.34. The topological polar surface area (TPSA) is 53.6 Å². The fraction of sp³-hybridized carbons (Fsp3) is 0.381. The Morgan fingerprint density at radius 3 is 2.69 bits per heavy atom. The maximum atomic E-state index is 11.8. The molecule has 0 bridgehead atoms. The molecular formula is C21H27N3O2. The number of ether oxygens (including phenoxy) is 1. The van der Waals surface area contributed by atoms with Crippen LogP contribution in [0, 0.1) is 5.92 Å². The standard InChI is InChI=1S/C21H27N3O2/c1-3-19-13-20(5-4-6-21(19)16(2)25)26-15-18-9-7-17(8-10-18)14-24-12-11-22-23-24/h4-12,19-20,22-23H,3,13-15H2,1-2H3.